The normalized spacial score (nSPS) is 10.7. The Morgan fingerprint density at radius 1 is 1.13 bits per heavy atom. The molecule has 5 nitrogen and oxygen atoms in total. The van der Waals surface area contributed by atoms with Crippen LogP contribution in [0.1, 0.15) is 12.7 Å². The van der Waals surface area contributed by atoms with Crippen LogP contribution in [0.25, 0.3) is 11.0 Å². The Hall–Kier alpha value is -2.82. The molecule has 0 saturated heterocycles. The molecule has 1 aromatic heterocycles. The number of nitrogens with zero attached hydrogens (tertiary/aromatic N) is 2. The van der Waals surface area contributed by atoms with Crippen molar-refractivity contribution in [3.05, 3.63) is 60.4 Å². The molecule has 118 valence electrons. The number of hydrogen-bond acceptors (Lipinski definition) is 3. The molecule has 0 aliphatic rings. The second kappa shape index (κ2) is 6.96. The second-order valence-electron chi connectivity index (χ2n) is 5.24. The lowest BCUT2D eigenvalue weighted by atomic mass is 10.3. The van der Waals surface area contributed by atoms with Crippen molar-refractivity contribution in [1.29, 1.82) is 0 Å². The molecule has 23 heavy (non-hydrogen) atoms. The highest BCUT2D eigenvalue weighted by Gasteiger charge is 2.10. The Balaban J connectivity index is 1.77. The summed E-state index contributed by atoms with van der Waals surface area (Å²) >= 11 is 0. The van der Waals surface area contributed by atoms with E-state index in [2.05, 4.69) is 14.9 Å². The lowest BCUT2D eigenvalue weighted by molar-refractivity contribution is -0.119. The highest BCUT2D eigenvalue weighted by Crippen LogP contribution is 2.16. The summed E-state index contributed by atoms with van der Waals surface area (Å²) in [6.07, 6.45) is 0. The Morgan fingerprint density at radius 3 is 2.65 bits per heavy atom. The smallest absolute Gasteiger partial charge is 0.217 e. The molecular weight excluding hydrogens is 290 g/mol. The predicted molar refractivity (Wildman–Crippen MR) is 89.2 cm³/mol. The van der Waals surface area contributed by atoms with E-state index in [0.717, 1.165) is 22.6 Å². The number of ether oxygens (including phenoxy) is 1. The Kier molecular flexibility index (Phi) is 4.57. The summed E-state index contributed by atoms with van der Waals surface area (Å²) in [6, 6.07) is 17.7. The Morgan fingerprint density at radius 2 is 1.87 bits per heavy atom. The van der Waals surface area contributed by atoms with Gasteiger partial charge in [-0.25, -0.2) is 4.98 Å². The fourth-order valence-corrected chi connectivity index (χ4v) is 2.48. The fraction of sp³-hybridized carbons (Fsp3) is 0.222. The summed E-state index contributed by atoms with van der Waals surface area (Å²) in [5.41, 5.74) is 1.97. The number of hydrogen-bond donors (Lipinski definition) is 1. The average molecular weight is 309 g/mol. The van der Waals surface area contributed by atoms with Crippen molar-refractivity contribution in [3.63, 3.8) is 0 Å². The molecule has 0 atom stereocenters. The number of para-hydroxylation sites is 3. The van der Waals surface area contributed by atoms with E-state index in [1.807, 2.05) is 54.6 Å². The van der Waals surface area contributed by atoms with Gasteiger partial charge in [0.1, 0.15) is 18.2 Å². The predicted octanol–water partition coefficient (Wildman–Crippen LogP) is 2.75. The summed E-state index contributed by atoms with van der Waals surface area (Å²) < 4.78 is 7.86. The number of carbonyl (C=O) groups excluding carboxylic acids is 1. The number of carbonyl (C=O) groups is 1. The zero-order valence-corrected chi connectivity index (χ0v) is 13.0. The summed E-state index contributed by atoms with van der Waals surface area (Å²) in [7, 11) is 0. The number of fused-ring (bicyclic) bond motifs is 1. The summed E-state index contributed by atoms with van der Waals surface area (Å²) in [5.74, 6) is 1.61. The maximum atomic E-state index is 11.2. The zero-order valence-electron chi connectivity index (χ0n) is 13.0. The van der Waals surface area contributed by atoms with Crippen molar-refractivity contribution in [3.8, 4) is 5.75 Å². The van der Waals surface area contributed by atoms with Gasteiger partial charge in [0.25, 0.3) is 0 Å². The average Bonchev–Trinajstić information content (AvgIpc) is 2.92. The van der Waals surface area contributed by atoms with Crippen LogP contribution in [0.5, 0.6) is 5.75 Å². The lowest BCUT2D eigenvalue weighted by Gasteiger charge is -2.11. The van der Waals surface area contributed by atoms with Crippen LogP contribution in [0.2, 0.25) is 0 Å². The van der Waals surface area contributed by atoms with Gasteiger partial charge < -0.3 is 14.6 Å². The van der Waals surface area contributed by atoms with Gasteiger partial charge >= 0.3 is 0 Å². The Labute approximate surface area is 134 Å². The minimum absolute atomic E-state index is 0.0656. The molecule has 0 bridgehead atoms. The van der Waals surface area contributed by atoms with Crippen LogP contribution >= 0.6 is 0 Å². The number of benzene rings is 2. The van der Waals surface area contributed by atoms with Gasteiger partial charge in [-0.2, -0.15) is 0 Å². The van der Waals surface area contributed by atoms with Crippen LogP contribution in [0.15, 0.2) is 54.6 Å². The topological polar surface area (TPSA) is 56.2 Å². The van der Waals surface area contributed by atoms with E-state index in [0.29, 0.717) is 19.7 Å². The van der Waals surface area contributed by atoms with Crippen molar-refractivity contribution < 1.29 is 9.53 Å². The molecule has 5 heteroatoms. The number of imidazole rings is 1. The van der Waals surface area contributed by atoms with Crippen molar-refractivity contribution >= 4 is 16.9 Å². The monoisotopic (exact) mass is 309 g/mol. The van der Waals surface area contributed by atoms with E-state index in [9.17, 15) is 4.79 Å². The number of rotatable bonds is 6. The first-order valence-electron chi connectivity index (χ1n) is 7.60. The lowest BCUT2D eigenvalue weighted by Crippen LogP contribution is -2.22. The number of nitrogens with one attached hydrogen (secondary N) is 1. The van der Waals surface area contributed by atoms with Crippen LogP contribution in [-0.4, -0.2) is 22.1 Å². The first kappa shape index (κ1) is 15.1. The molecule has 0 aliphatic heterocycles. The number of aromatic nitrogens is 2. The second-order valence-corrected chi connectivity index (χ2v) is 5.24. The number of amides is 1. The van der Waals surface area contributed by atoms with Gasteiger partial charge in [0.2, 0.25) is 5.91 Å². The SMILES string of the molecule is CC(=O)NCc1nc2ccccc2n1CCOc1ccccc1. The quantitative estimate of drug-likeness (QED) is 0.762. The molecule has 0 aliphatic carbocycles. The van der Waals surface area contributed by atoms with E-state index in [4.69, 9.17) is 4.74 Å². The molecule has 1 N–H and O–H groups in total. The van der Waals surface area contributed by atoms with Gasteiger partial charge in [0, 0.05) is 6.92 Å². The zero-order chi connectivity index (χ0) is 16.1. The molecule has 0 saturated carbocycles. The van der Waals surface area contributed by atoms with Crippen LogP contribution in [0.4, 0.5) is 0 Å². The van der Waals surface area contributed by atoms with Crippen molar-refractivity contribution in [1.82, 2.24) is 14.9 Å². The largest absolute Gasteiger partial charge is 0.492 e. The molecule has 1 amide bonds. The molecule has 3 rings (SSSR count). The highest BCUT2D eigenvalue weighted by atomic mass is 16.5. The molecule has 3 aromatic rings. The molecule has 0 unspecified atom stereocenters. The van der Waals surface area contributed by atoms with Crippen LogP contribution in [0.3, 0.4) is 0 Å². The molecule has 2 aromatic carbocycles. The third-order valence-corrected chi connectivity index (χ3v) is 3.56. The fourth-order valence-electron chi connectivity index (χ4n) is 2.48. The maximum Gasteiger partial charge on any atom is 0.217 e. The molecular formula is C18H19N3O2. The van der Waals surface area contributed by atoms with E-state index < -0.39 is 0 Å². The first-order valence-corrected chi connectivity index (χ1v) is 7.60. The standard InChI is InChI=1S/C18H19N3O2/c1-14(22)19-13-18-20-16-9-5-6-10-17(16)21(18)11-12-23-15-7-3-2-4-8-15/h2-10H,11-13H2,1H3,(H,19,22). The molecule has 0 spiro atoms. The van der Waals surface area contributed by atoms with Gasteiger partial charge in [-0.3, -0.25) is 4.79 Å². The van der Waals surface area contributed by atoms with E-state index in [1.54, 1.807) is 0 Å². The summed E-state index contributed by atoms with van der Waals surface area (Å²) in [6.45, 7) is 3.13. The van der Waals surface area contributed by atoms with Gasteiger partial charge in [-0.15, -0.1) is 0 Å². The molecule has 0 fully saturated rings. The van der Waals surface area contributed by atoms with E-state index in [1.165, 1.54) is 6.92 Å². The molecule has 1 heterocycles. The Bertz CT molecular complexity index is 796. The third kappa shape index (κ3) is 3.69. The van der Waals surface area contributed by atoms with E-state index >= 15 is 0 Å². The van der Waals surface area contributed by atoms with Gasteiger partial charge in [-0.05, 0) is 24.3 Å². The van der Waals surface area contributed by atoms with Gasteiger partial charge in [0.15, 0.2) is 0 Å². The van der Waals surface area contributed by atoms with Crippen molar-refractivity contribution in [2.24, 2.45) is 0 Å². The van der Waals surface area contributed by atoms with Gasteiger partial charge in [0.05, 0.1) is 24.1 Å². The summed E-state index contributed by atoms with van der Waals surface area (Å²) in [4.78, 5) is 15.8. The maximum absolute atomic E-state index is 11.2. The van der Waals surface area contributed by atoms with Crippen LogP contribution in [0, 0.1) is 0 Å². The summed E-state index contributed by atoms with van der Waals surface area (Å²) in [5, 5.41) is 2.81. The van der Waals surface area contributed by atoms with Crippen LogP contribution < -0.4 is 10.1 Å². The minimum atomic E-state index is -0.0656. The van der Waals surface area contributed by atoms with Crippen molar-refractivity contribution in [2.75, 3.05) is 6.61 Å². The third-order valence-electron chi connectivity index (χ3n) is 3.56. The highest BCUT2D eigenvalue weighted by molar-refractivity contribution is 5.76. The minimum Gasteiger partial charge on any atom is -0.492 e. The van der Waals surface area contributed by atoms with Crippen LogP contribution in [-0.2, 0) is 17.9 Å². The molecule has 0 radical (unpaired) electrons. The van der Waals surface area contributed by atoms with Gasteiger partial charge in [-0.1, -0.05) is 30.3 Å². The van der Waals surface area contributed by atoms with E-state index in [-0.39, 0.29) is 5.91 Å². The van der Waals surface area contributed by atoms with Crippen molar-refractivity contribution in [2.45, 2.75) is 20.0 Å². The first-order chi connectivity index (χ1) is 11.2.